The molecule has 1 N–H and O–H groups in total. The van der Waals surface area contributed by atoms with Crippen LogP contribution in [-0.2, 0) is 0 Å². The lowest BCUT2D eigenvalue weighted by Crippen LogP contribution is -1.77. The number of aromatic amines is 1. The lowest BCUT2D eigenvalue weighted by Gasteiger charge is -1.90. The van der Waals surface area contributed by atoms with Crippen LogP contribution < -0.4 is 0 Å². The number of nitrogens with zero attached hydrogens (tertiary/aromatic N) is 1. The highest BCUT2D eigenvalue weighted by Crippen LogP contribution is 2.23. The van der Waals surface area contributed by atoms with E-state index in [1.165, 1.54) is 22.7 Å². The third-order valence-electron chi connectivity index (χ3n) is 3.12. The summed E-state index contributed by atoms with van der Waals surface area (Å²) in [7, 11) is 0. The van der Waals surface area contributed by atoms with Crippen molar-refractivity contribution in [3.05, 3.63) is 42.7 Å². The summed E-state index contributed by atoms with van der Waals surface area (Å²) < 4.78 is 0. The van der Waals surface area contributed by atoms with Crippen LogP contribution in [0.25, 0.3) is 21.8 Å². The molecule has 2 nitrogen and oxygen atoms in total. The number of pyridine rings is 1. The molecular formula is C18H26N2. The lowest BCUT2D eigenvalue weighted by atomic mass is 10.2. The minimum atomic E-state index is 0.884. The first-order valence-electron chi connectivity index (χ1n) is 7.52. The van der Waals surface area contributed by atoms with Gasteiger partial charge in [0.05, 0.1) is 0 Å². The van der Waals surface area contributed by atoms with Crippen LogP contribution in [0.1, 0.15) is 41.0 Å². The van der Waals surface area contributed by atoms with Crippen LogP contribution in [0.4, 0.5) is 0 Å². The third kappa shape index (κ3) is 4.09. The molecule has 3 aromatic rings. The van der Waals surface area contributed by atoms with Crippen LogP contribution in [0.3, 0.4) is 0 Å². The molecule has 0 radical (unpaired) electrons. The predicted molar refractivity (Wildman–Crippen MR) is 90.1 cm³/mol. The molecule has 2 aromatic heterocycles. The molecule has 0 fully saturated rings. The Morgan fingerprint density at radius 1 is 1.00 bits per heavy atom. The number of hydrogen-bond donors (Lipinski definition) is 1. The fourth-order valence-electron chi connectivity index (χ4n) is 1.69. The van der Waals surface area contributed by atoms with Gasteiger partial charge in [-0.3, -0.25) is 4.98 Å². The molecule has 0 aliphatic rings. The van der Waals surface area contributed by atoms with Gasteiger partial charge in [-0.2, -0.15) is 0 Å². The number of para-hydroxylation sites is 1. The first kappa shape index (κ1) is 16.2. The van der Waals surface area contributed by atoms with Gasteiger partial charge in [-0.15, -0.1) is 0 Å². The molecule has 2 heteroatoms. The molecule has 0 saturated heterocycles. The van der Waals surface area contributed by atoms with E-state index in [4.69, 9.17) is 0 Å². The van der Waals surface area contributed by atoms with E-state index in [0.717, 1.165) is 11.4 Å². The third-order valence-corrected chi connectivity index (χ3v) is 3.12. The Balaban J connectivity index is 0.000000247. The lowest BCUT2D eigenvalue weighted by molar-refractivity contribution is 0.626. The smallest absolute Gasteiger partial charge is 0.0495 e. The molecule has 0 unspecified atom stereocenters. The monoisotopic (exact) mass is 270 g/mol. The number of fused-ring (bicyclic) bond motifs is 3. The summed E-state index contributed by atoms with van der Waals surface area (Å²) in [4.78, 5) is 7.45. The minimum Gasteiger partial charge on any atom is -0.354 e. The van der Waals surface area contributed by atoms with E-state index >= 15 is 0 Å². The van der Waals surface area contributed by atoms with Gasteiger partial charge >= 0.3 is 0 Å². The number of H-pyrrole nitrogens is 1. The van der Waals surface area contributed by atoms with Gasteiger partial charge in [0.15, 0.2) is 0 Å². The molecule has 0 amide bonds. The van der Waals surface area contributed by atoms with Crippen molar-refractivity contribution in [2.45, 2.75) is 41.0 Å². The van der Waals surface area contributed by atoms with E-state index in [0.29, 0.717) is 0 Å². The van der Waals surface area contributed by atoms with E-state index in [-0.39, 0.29) is 0 Å². The van der Waals surface area contributed by atoms with E-state index in [9.17, 15) is 0 Å². The summed E-state index contributed by atoms with van der Waals surface area (Å²) in [5.41, 5.74) is 2.32. The van der Waals surface area contributed by atoms with Gasteiger partial charge in [-0.25, -0.2) is 0 Å². The largest absolute Gasteiger partial charge is 0.354 e. The summed E-state index contributed by atoms with van der Waals surface area (Å²) in [5.74, 6) is 0.884. The van der Waals surface area contributed by atoms with Gasteiger partial charge in [-0.05, 0) is 18.1 Å². The minimum absolute atomic E-state index is 0.884. The molecule has 0 bridgehead atoms. The summed E-state index contributed by atoms with van der Waals surface area (Å²) in [6.45, 7) is 10.6. The first-order chi connectivity index (χ1) is 9.72. The van der Waals surface area contributed by atoms with Crippen LogP contribution in [-0.4, -0.2) is 9.97 Å². The van der Waals surface area contributed by atoms with Crippen molar-refractivity contribution in [3.8, 4) is 0 Å². The van der Waals surface area contributed by atoms with Crippen LogP contribution in [0.5, 0.6) is 0 Å². The summed E-state index contributed by atoms with van der Waals surface area (Å²) >= 11 is 0. The van der Waals surface area contributed by atoms with Gasteiger partial charge in [0.2, 0.25) is 0 Å². The Labute approximate surface area is 122 Å². The first-order valence-corrected chi connectivity index (χ1v) is 7.52. The highest BCUT2D eigenvalue weighted by atomic mass is 14.7. The van der Waals surface area contributed by atoms with Crippen LogP contribution >= 0.6 is 0 Å². The van der Waals surface area contributed by atoms with Crippen LogP contribution in [0, 0.1) is 5.92 Å². The van der Waals surface area contributed by atoms with Gasteiger partial charge in [0.25, 0.3) is 0 Å². The van der Waals surface area contributed by atoms with E-state index in [1.807, 2.05) is 38.2 Å². The molecule has 0 saturated carbocycles. The van der Waals surface area contributed by atoms with Gasteiger partial charge in [0, 0.05) is 34.2 Å². The second-order valence-corrected chi connectivity index (χ2v) is 4.89. The Morgan fingerprint density at radius 2 is 1.60 bits per heavy atom. The highest BCUT2D eigenvalue weighted by molar-refractivity contribution is 6.06. The molecule has 0 atom stereocenters. The summed E-state index contributed by atoms with van der Waals surface area (Å²) in [5, 5.41) is 2.43. The van der Waals surface area contributed by atoms with Crippen LogP contribution in [0.15, 0.2) is 42.7 Å². The Kier molecular flexibility index (Phi) is 6.78. The maximum Gasteiger partial charge on any atom is 0.0495 e. The number of aromatic nitrogens is 2. The van der Waals surface area contributed by atoms with Crippen molar-refractivity contribution < 1.29 is 0 Å². The van der Waals surface area contributed by atoms with Crippen molar-refractivity contribution in [1.29, 1.82) is 0 Å². The molecule has 2 heterocycles. The standard InChI is InChI=1S/C11H8N2.C5H12.C2H6/c1-2-4-10-8(3-1)9-7-12-6-5-11(9)13-10;1-4-5(2)3;1-2/h1-7,13H;5H,4H2,1-3H3;1-2H3. The predicted octanol–water partition coefficient (Wildman–Crippen LogP) is 5.79. The molecule has 0 spiro atoms. The van der Waals surface area contributed by atoms with E-state index in [1.54, 1.807) is 6.20 Å². The molecule has 3 rings (SSSR count). The average molecular weight is 270 g/mol. The zero-order valence-electron chi connectivity index (χ0n) is 13.3. The second kappa shape index (κ2) is 8.36. The average Bonchev–Trinajstić information content (AvgIpc) is 2.88. The summed E-state index contributed by atoms with van der Waals surface area (Å²) in [6.07, 6.45) is 5.01. The fraction of sp³-hybridized carbons (Fsp3) is 0.389. The zero-order chi connectivity index (χ0) is 15.0. The fourth-order valence-corrected chi connectivity index (χ4v) is 1.69. The Morgan fingerprint density at radius 3 is 2.25 bits per heavy atom. The Bertz CT molecular complexity index is 573. The number of benzene rings is 1. The van der Waals surface area contributed by atoms with Gasteiger partial charge in [-0.1, -0.05) is 59.2 Å². The second-order valence-electron chi connectivity index (χ2n) is 4.89. The van der Waals surface area contributed by atoms with Crippen molar-refractivity contribution in [3.63, 3.8) is 0 Å². The number of rotatable bonds is 1. The van der Waals surface area contributed by atoms with Gasteiger partial charge < -0.3 is 4.98 Å². The maximum absolute atomic E-state index is 4.12. The topological polar surface area (TPSA) is 28.7 Å². The molecule has 1 aromatic carbocycles. The molecule has 20 heavy (non-hydrogen) atoms. The maximum atomic E-state index is 4.12. The molecule has 0 aliphatic carbocycles. The molecule has 108 valence electrons. The van der Waals surface area contributed by atoms with E-state index < -0.39 is 0 Å². The SMILES string of the molecule is CC.CCC(C)C.c1ccc2c(c1)[nH]c1ccncc12. The van der Waals surface area contributed by atoms with E-state index in [2.05, 4.69) is 42.9 Å². The number of nitrogens with one attached hydrogen (secondary N) is 1. The zero-order valence-corrected chi connectivity index (χ0v) is 13.3. The molecular weight excluding hydrogens is 244 g/mol. The van der Waals surface area contributed by atoms with Crippen molar-refractivity contribution in [1.82, 2.24) is 9.97 Å². The number of hydrogen-bond acceptors (Lipinski definition) is 1. The van der Waals surface area contributed by atoms with Gasteiger partial charge in [0.1, 0.15) is 0 Å². The Hall–Kier alpha value is -1.83. The normalized spacial score (nSPS) is 9.90. The van der Waals surface area contributed by atoms with Crippen molar-refractivity contribution >= 4 is 21.8 Å². The quantitative estimate of drug-likeness (QED) is 0.595. The van der Waals surface area contributed by atoms with Crippen molar-refractivity contribution in [2.75, 3.05) is 0 Å². The van der Waals surface area contributed by atoms with Crippen molar-refractivity contribution in [2.24, 2.45) is 5.92 Å². The highest BCUT2D eigenvalue weighted by Gasteiger charge is 2.00. The summed E-state index contributed by atoms with van der Waals surface area (Å²) in [6, 6.07) is 10.3. The molecule has 0 aliphatic heterocycles. The van der Waals surface area contributed by atoms with Crippen LogP contribution in [0.2, 0.25) is 0 Å².